The maximum Gasteiger partial charge on any atom is 0.329 e. The molecule has 1 fully saturated rings. The van der Waals surface area contributed by atoms with Crippen LogP contribution in [0, 0.1) is 0 Å². The van der Waals surface area contributed by atoms with Gasteiger partial charge in [0.15, 0.2) is 11.5 Å². The molecule has 0 radical (unpaired) electrons. The molecule has 1 aromatic rings. The van der Waals surface area contributed by atoms with Crippen LogP contribution < -0.4 is 20.2 Å². The Balaban J connectivity index is 1.91. The zero-order valence-corrected chi connectivity index (χ0v) is 15.0. The maximum atomic E-state index is 11.8. The molecule has 2 amide bonds. The average Bonchev–Trinajstić information content (AvgIpc) is 3.14. The highest BCUT2D eigenvalue weighted by atomic mass is 16.5. The molecule has 0 aromatic heterocycles. The van der Waals surface area contributed by atoms with Gasteiger partial charge in [-0.15, -0.1) is 0 Å². The SMILES string of the molecule is C=CCOc1ccc(C=NNC(=O)C(=O)NC2CCCC2)cc1OCC. The molecule has 1 aliphatic carbocycles. The van der Waals surface area contributed by atoms with E-state index in [2.05, 4.69) is 22.4 Å². The molecule has 0 unspecified atom stereocenters. The Morgan fingerprint density at radius 3 is 2.69 bits per heavy atom. The topological polar surface area (TPSA) is 89.0 Å². The largest absolute Gasteiger partial charge is 0.490 e. The summed E-state index contributed by atoms with van der Waals surface area (Å²) in [7, 11) is 0. The number of amides is 2. The summed E-state index contributed by atoms with van der Waals surface area (Å²) in [4.78, 5) is 23.6. The van der Waals surface area contributed by atoms with Gasteiger partial charge in [-0.2, -0.15) is 5.10 Å². The van der Waals surface area contributed by atoms with Gasteiger partial charge < -0.3 is 14.8 Å². The molecule has 1 aliphatic rings. The van der Waals surface area contributed by atoms with Crippen LogP contribution in [0.4, 0.5) is 0 Å². The molecule has 7 nitrogen and oxygen atoms in total. The van der Waals surface area contributed by atoms with Crippen molar-refractivity contribution >= 4 is 18.0 Å². The number of hydrogen-bond acceptors (Lipinski definition) is 5. The highest BCUT2D eigenvalue weighted by Gasteiger charge is 2.20. The molecule has 140 valence electrons. The van der Waals surface area contributed by atoms with Crippen LogP contribution in [0.1, 0.15) is 38.2 Å². The minimum atomic E-state index is -0.774. The van der Waals surface area contributed by atoms with Gasteiger partial charge in [-0.05, 0) is 43.5 Å². The number of ether oxygens (including phenoxy) is 2. The van der Waals surface area contributed by atoms with Gasteiger partial charge in [-0.1, -0.05) is 25.5 Å². The first-order valence-corrected chi connectivity index (χ1v) is 8.78. The fraction of sp³-hybridized carbons (Fsp3) is 0.421. The van der Waals surface area contributed by atoms with Crippen LogP contribution in [-0.2, 0) is 9.59 Å². The number of hydrogen-bond donors (Lipinski definition) is 2. The maximum absolute atomic E-state index is 11.8. The van der Waals surface area contributed by atoms with E-state index in [1.807, 2.05) is 6.92 Å². The van der Waals surface area contributed by atoms with Crippen molar-refractivity contribution in [2.75, 3.05) is 13.2 Å². The summed E-state index contributed by atoms with van der Waals surface area (Å²) in [6, 6.07) is 5.37. The quantitative estimate of drug-likeness (QED) is 0.322. The third kappa shape index (κ3) is 5.91. The van der Waals surface area contributed by atoms with Crippen molar-refractivity contribution in [3.63, 3.8) is 0 Å². The molecular formula is C19H25N3O4. The summed E-state index contributed by atoms with van der Waals surface area (Å²) in [5, 5.41) is 6.54. The Bertz CT molecular complexity index is 667. The van der Waals surface area contributed by atoms with Crippen LogP contribution in [0.25, 0.3) is 0 Å². The van der Waals surface area contributed by atoms with Crippen LogP contribution in [-0.4, -0.2) is 37.3 Å². The lowest BCUT2D eigenvalue weighted by Gasteiger charge is -2.11. The standard InChI is InChI=1S/C19H25N3O4/c1-3-11-26-16-10-9-14(12-17(16)25-4-2)13-20-22-19(24)18(23)21-15-7-5-6-8-15/h3,9-10,12-13,15H,1,4-8,11H2,2H3,(H,21,23)(H,22,24). The third-order valence-corrected chi connectivity index (χ3v) is 3.90. The molecule has 26 heavy (non-hydrogen) atoms. The zero-order valence-electron chi connectivity index (χ0n) is 15.0. The van der Waals surface area contributed by atoms with Crippen LogP contribution in [0.5, 0.6) is 11.5 Å². The van der Waals surface area contributed by atoms with Crippen LogP contribution in [0.3, 0.4) is 0 Å². The summed E-state index contributed by atoms with van der Waals surface area (Å²) >= 11 is 0. The minimum Gasteiger partial charge on any atom is -0.490 e. The Morgan fingerprint density at radius 1 is 1.23 bits per heavy atom. The van der Waals surface area contributed by atoms with Crippen molar-refractivity contribution in [3.05, 3.63) is 36.4 Å². The van der Waals surface area contributed by atoms with Crippen LogP contribution >= 0.6 is 0 Å². The van der Waals surface area contributed by atoms with E-state index in [9.17, 15) is 9.59 Å². The van der Waals surface area contributed by atoms with Gasteiger partial charge in [-0.3, -0.25) is 9.59 Å². The van der Waals surface area contributed by atoms with Crippen molar-refractivity contribution in [3.8, 4) is 11.5 Å². The Morgan fingerprint density at radius 2 is 2.00 bits per heavy atom. The van der Waals surface area contributed by atoms with E-state index in [1.165, 1.54) is 6.21 Å². The second-order valence-corrected chi connectivity index (χ2v) is 5.89. The van der Waals surface area contributed by atoms with E-state index in [0.29, 0.717) is 30.3 Å². The van der Waals surface area contributed by atoms with Gasteiger partial charge in [0.25, 0.3) is 0 Å². The fourth-order valence-corrected chi connectivity index (χ4v) is 2.68. The molecule has 0 spiro atoms. The van der Waals surface area contributed by atoms with E-state index < -0.39 is 11.8 Å². The number of nitrogens with zero attached hydrogens (tertiary/aromatic N) is 1. The van der Waals surface area contributed by atoms with Gasteiger partial charge in [0, 0.05) is 6.04 Å². The molecule has 0 heterocycles. The van der Waals surface area contributed by atoms with E-state index in [-0.39, 0.29) is 6.04 Å². The molecule has 1 saturated carbocycles. The average molecular weight is 359 g/mol. The predicted octanol–water partition coefficient (Wildman–Crippen LogP) is 2.16. The van der Waals surface area contributed by atoms with Crippen molar-refractivity contribution in [2.45, 2.75) is 38.6 Å². The summed E-state index contributed by atoms with van der Waals surface area (Å²) in [6.45, 7) is 6.35. The van der Waals surface area contributed by atoms with Gasteiger partial charge in [0.05, 0.1) is 12.8 Å². The second-order valence-electron chi connectivity index (χ2n) is 5.89. The van der Waals surface area contributed by atoms with Crippen molar-refractivity contribution in [2.24, 2.45) is 5.10 Å². The van der Waals surface area contributed by atoms with Crippen LogP contribution in [0.2, 0.25) is 0 Å². The summed E-state index contributed by atoms with van der Waals surface area (Å²) in [5.41, 5.74) is 2.94. The van der Waals surface area contributed by atoms with E-state index >= 15 is 0 Å². The number of nitrogens with one attached hydrogen (secondary N) is 2. The lowest BCUT2D eigenvalue weighted by molar-refractivity contribution is -0.139. The van der Waals surface area contributed by atoms with Gasteiger partial charge in [0.1, 0.15) is 6.61 Å². The molecular weight excluding hydrogens is 334 g/mol. The van der Waals surface area contributed by atoms with Crippen molar-refractivity contribution < 1.29 is 19.1 Å². The highest BCUT2D eigenvalue weighted by Crippen LogP contribution is 2.28. The smallest absolute Gasteiger partial charge is 0.329 e. The Kier molecular flexibility index (Phi) is 7.67. The van der Waals surface area contributed by atoms with E-state index in [4.69, 9.17) is 9.47 Å². The molecule has 2 rings (SSSR count). The number of hydrazone groups is 1. The molecule has 1 aromatic carbocycles. The second kappa shape index (κ2) is 10.2. The first-order valence-electron chi connectivity index (χ1n) is 8.78. The zero-order chi connectivity index (χ0) is 18.8. The molecule has 0 aliphatic heterocycles. The van der Waals surface area contributed by atoms with Gasteiger partial charge in [-0.25, -0.2) is 5.43 Å². The Hall–Kier alpha value is -2.83. The van der Waals surface area contributed by atoms with Crippen molar-refractivity contribution in [1.29, 1.82) is 0 Å². The third-order valence-electron chi connectivity index (χ3n) is 3.90. The lowest BCUT2D eigenvalue weighted by Crippen LogP contribution is -2.42. The number of rotatable bonds is 8. The van der Waals surface area contributed by atoms with E-state index in [1.54, 1.807) is 24.3 Å². The lowest BCUT2D eigenvalue weighted by atomic mass is 10.2. The van der Waals surface area contributed by atoms with Crippen molar-refractivity contribution in [1.82, 2.24) is 10.7 Å². The van der Waals surface area contributed by atoms with Crippen LogP contribution in [0.15, 0.2) is 36.0 Å². The monoisotopic (exact) mass is 359 g/mol. The first-order chi connectivity index (χ1) is 12.6. The molecule has 7 heteroatoms. The minimum absolute atomic E-state index is 0.0918. The van der Waals surface area contributed by atoms with E-state index in [0.717, 1.165) is 25.7 Å². The molecule has 0 saturated heterocycles. The molecule has 2 N–H and O–H groups in total. The summed E-state index contributed by atoms with van der Waals surface area (Å²) in [6.07, 6.45) is 7.10. The normalized spacial score (nSPS) is 14.2. The number of benzene rings is 1. The number of carbonyl (C=O) groups is 2. The molecule has 0 atom stereocenters. The van der Waals surface area contributed by atoms with Gasteiger partial charge in [0.2, 0.25) is 0 Å². The highest BCUT2D eigenvalue weighted by molar-refractivity contribution is 6.35. The Labute approximate surface area is 153 Å². The fourth-order valence-electron chi connectivity index (χ4n) is 2.68. The summed E-state index contributed by atoms with van der Waals surface area (Å²) < 4.78 is 11.1. The molecule has 0 bridgehead atoms. The first kappa shape index (κ1) is 19.5. The number of carbonyl (C=O) groups excluding carboxylic acids is 2. The summed E-state index contributed by atoms with van der Waals surface area (Å²) in [5.74, 6) is -0.256. The van der Waals surface area contributed by atoms with Gasteiger partial charge >= 0.3 is 11.8 Å². The predicted molar refractivity (Wildman–Crippen MR) is 99.4 cm³/mol.